The number of aryl methyl sites for hydroxylation is 2. The highest BCUT2D eigenvalue weighted by Crippen LogP contribution is 2.21. The second kappa shape index (κ2) is 8.68. The van der Waals surface area contributed by atoms with E-state index in [0.717, 1.165) is 17.0 Å². The average Bonchev–Trinajstić information content (AvgIpc) is 2.88. The normalized spacial score (nSPS) is 12.0. The van der Waals surface area contributed by atoms with Gasteiger partial charge in [-0.25, -0.2) is 0 Å². The molecular formula is C19H27N5O3. The largest absolute Gasteiger partial charge is 0.497 e. The van der Waals surface area contributed by atoms with E-state index in [1.165, 1.54) is 0 Å². The zero-order valence-electron chi connectivity index (χ0n) is 16.7. The first-order chi connectivity index (χ1) is 12.7. The van der Waals surface area contributed by atoms with Crippen molar-refractivity contribution < 1.29 is 14.3 Å². The van der Waals surface area contributed by atoms with Crippen LogP contribution in [0.25, 0.3) is 0 Å². The molecule has 0 radical (unpaired) electrons. The molecule has 0 unspecified atom stereocenters. The van der Waals surface area contributed by atoms with E-state index in [4.69, 9.17) is 4.74 Å². The molecule has 2 rings (SSSR count). The lowest BCUT2D eigenvalue weighted by molar-refractivity contribution is -0.136. The molecule has 0 aliphatic carbocycles. The lowest BCUT2D eigenvalue weighted by Gasteiger charge is -2.25. The van der Waals surface area contributed by atoms with Crippen molar-refractivity contribution in [3.8, 4) is 5.75 Å². The van der Waals surface area contributed by atoms with Gasteiger partial charge in [-0.1, -0.05) is 12.1 Å². The Morgan fingerprint density at radius 3 is 2.30 bits per heavy atom. The van der Waals surface area contributed by atoms with Crippen molar-refractivity contribution in [2.24, 2.45) is 7.05 Å². The van der Waals surface area contributed by atoms with E-state index < -0.39 is 11.8 Å². The fraction of sp³-hybridized carbons (Fsp3) is 0.421. The van der Waals surface area contributed by atoms with E-state index in [2.05, 4.69) is 15.7 Å². The molecule has 2 N–H and O–H groups in total. The summed E-state index contributed by atoms with van der Waals surface area (Å²) < 4.78 is 6.83. The molecule has 0 bridgehead atoms. The molecule has 0 aliphatic heterocycles. The Kier molecular flexibility index (Phi) is 6.57. The fourth-order valence-electron chi connectivity index (χ4n) is 2.82. The number of anilines is 1. The van der Waals surface area contributed by atoms with E-state index >= 15 is 0 Å². The quantitative estimate of drug-likeness (QED) is 0.748. The zero-order chi connectivity index (χ0) is 20.1. The predicted octanol–water partition coefficient (Wildman–Crippen LogP) is 1.40. The van der Waals surface area contributed by atoms with Crippen LogP contribution >= 0.6 is 0 Å². The van der Waals surface area contributed by atoms with Crippen molar-refractivity contribution in [1.29, 1.82) is 0 Å². The van der Waals surface area contributed by atoms with Crippen molar-refractivity contribution in [3.63, 3.8) is 0 Å². The highest BCUT2D eigenvalue weighted by atomic mass is 16.5. The number of likely N-dealkylation sites (N-methyl/N-ethyl adjacent to an activating group) is 1. The van der Waals surface area contributed by atoms with Crippen LogP contribution in [0.5, 0.6) is 5.75 Å². The van der Waals surface area contributed by atoms with Gasteiger partial charge < -0.3 is 20.3 Å². The van der Waals surface area contributed by atoms with Crippen molar-refractivity contribution in [2.75, 3.05) is 33.1 Å². The number of rotatable bonds is 6. The number of hydrogen-bond acceptors (Lipinski definition) is 5. The lowest BCUT2D eigenvalue weighted by Crippen LogP contribution is -2.40. The average molecular weight is 373 g/mol. The van der Waals surface area contributed by atoms with E-state index in [0.29, 0.717) is 17.9 Å². The molecule has 8 heteroatoms. The van der Waals surface area contributed by atoms with Gasteiger partial charge in [0.05, 0.1) is 30.2 Å². The lowest BCUT2D eigenvalue weighted by atomic mass is 10.1. The summed E-state index contributed by atoms with van der Waals surface area (Å²) in [6.07, 6.45) is 0. The van der Waals surface area contributed by atoms with Gasteiger partial charge >= 0.3 is 11.8 Å². The maximum Gasteiger partial charge on any atom is 0.313 e. The summed E-state index contributed by atoms with van der Waals surface area (Å²) in [5.41, 5.74) is 3.04. The highest BCUT2D eigenvalue weighted by Gasteiger charge is 2.21. The third kappa shape index (κ3) is 4.85. The number of nitrogens with zero attached hydrogens (tertiary/aromatic N) is 3. The molecule has 8 nitrogen and oxygen atoms in total. The van der Waals surface area contributed by atoms with Gasteiger partial charge in [0.25, 0.3) is 0 Å². The summed E-state index contributed by atoms with van der Waals surface area (Å²) in [4.78, 5) is 26.5. The smallest absolute Gasteiger partial charge is 0.313 e. The maximum absolute atomic E-state index is 12.2. The molecule has 1 heterocycles. The number of methoxy groups -OCH3 is 1. The zero-order valence-corrected chi connectivity index (χ0v) is 16.7. The molecule has 1 aromatic carbocycles. The fourth-order valence-corrected chi connectivity index (χ4v) is 2.82. The molecule has 2 amide bonds. The number of amides is 2. The number of hydrogen-bond donors (Lipinski definition) is 2. The van der Waals surface area contributed by atoms with Crippen LogP contribution in [0.4, 0.5) is 5.69 Å². The van der Waals surface area contributed by atoms with E-state index in [9.17, 15) is 9.59 Å². The van der Waals surface area contributed by atoms with Gasteiger partial charge in [0.15, 0.2) is 0 Å². The molecule has 0 aliphatic rings. The highest BCUT2D eigenvalue weighted by molar-refractivity contribution is 6.39. The van der Waals surface area contributed by atoms with E-state index in [1.807, 2.05) is 50.2 Å². The number of benzene rings is 1. The van der Waals surface area contributed by atoms with Crippen molar-refractivity contribution in [3.05, 3.63) is 41.2 Å². The van der Waals surface area contributed by atoms with Gasteiger partial charge in [0.1, 0.15) is 5.75 Å². The molecular weight excluding hydrogens is 346 g/mol. The van der Waals surface area contributed by atoms with Crippen molar-refractivity contribution in [2.45, 2.75) is 19.9 Å². The standard InChI is InChI=1S/C19H27N5O3/c1-12-17(13(2)24(5)22-12)21-19(26)18(25)20-11-16(23(3)4)14-7-9-15(27-6)10-8-14/h7-10,16H,11H2,1-6H3,(H,20,25)(H,21,26)/t16-/m1/s1. The van der Waals surface area contributed by atoms with Gasteiger partial charge in [-0.05, 0) is 45.6 Å². The minimum absolute atomic E-state index is 0.0745. The van der Waals surface area contributed by atoms with Gasteiger partial charge in [0, 0.05) is 13.6 Å². The monoisotopic (exact) mass is 373 g/mol. The molecule has 1 aromatic heterocycles. The first kappa shape index (κ1) is 20.4. The summed E-state index contributed by atoms with van der Waals surface area (Å²) >= 11 is 0. The molecule has 146 valence electrons. The molecule has 0 spiro atoms. The maximum atomic E-state index is 12.2. The van der Waals surface area contributed by atoms with Crippen LogP contribution in [-0.2, 0) is 16.6 Å². The number of nitrogens with one attached hydrogen (secondary N) is 2. The van der Waals surface area contributed by atoms with Crippen molar-refractivity contribution >= 4 is 17.5 Å². The minimum Gasteiger partial charge on any atom is -0.497 e. The molecule has 0 fully saturated rings. The Hall–Kier alpha value is -2.87. The van der Waals surface area contributed by atoms with Crippen LogP contribution in [-0.4, -0.2) is 54.2 Å². The summed E-state index contributed by atoms with van der Waals surface area (Å²) in [6.45, 7) is 3.92. The first-order valence-corrected chi connectivity index (χ1v) is 8.64. The van der Waals surface area contributed by atoms with Crippen LogP contribution in [0.1, 0.15) is 23.0 Å². The Morgan fingerprint density at radius 1 is 1.19 bits per heavy atom. The third-order valence-corrected chi connectivity index (χ3v) is 4.53. The van der Waals surface area contributed by atoms with E-state index in [1.54, 1.807) is 25.8 Å². The van der Waals surface area contributed by atoms with Crippen LogP contribution in [0.2, 0.25) is 0 Å². The number of carbonyl (C=O) groups excluding carboxylic acids is 2. The number of carbonyl (C=O) groups is 2. The number of aromatic nitrogens is 2. The van der Waals surface area contributed by atoms with Crippen LogP contribution in [0.15, 0.2) is 24.3 Å². The van der Waals surface area contributed by atoms with Crippen LogP contribution in [0.3, 0.4) is 0 Å². The topological polar surface area (TPSA) is 88.5 Å². The van der Waals surface area contributed by atoms with Gasteiger partial charge in [-0.15, -0.1) is 0 Å². The molecule has 0 saturated heterocycles. The van der Waals surface area contributed by atoms with Gasteiger partial charge in [0.2, 0.25) is 0 Å². The minimum atomic E-state index is -0.707. The summed E-state index contributed by atoms with van der Waals surface area (Å²) in [5, 5.41) is 9.58. The molecule has 2 aromatic rings. The van der Waals surface area contributed by atoms with Gasteiger partial charge in [-0.3, -0.25) is 14.3 Å². The van der Waals surface area contributed by atoms with Crippen molar-refractivity contribution in [1.82, 2.24) is 20.0 Å². The second-order valence-corrected chi connectivity index (χ2v) is 6.59. The first-order valence-electron chi connectivity index (χ1n) is 8.64. The SMILES string of the molecule is COc1ccc([C@@H](CNC(=O)C(=O)Nc2c(C)nn(C)c2C)N(C)C)cc1. The molecule has 0 saturated carbocycles. The summed E-state index contributed by atoms with van der Waals surface area (Å²) in [5.74, 6) is -0.624. The Balaban J connectivity index is 2.01. The Morgan fingerprint density at radius 2 is 1.81 bits per heavy atom. The molecule has 1 atom stereocenters. The predicted molar refractivity (Wildman–Crippen MR) is 104 cm³/mol. The molecule has 27 heavy (non-hydrogen) atoms. The summed E-state index contributed by atoms with van der Waals surface area (Å²) in [6, 6.07) is 7.55. The summed E-state index contributed by atoms with van der Waals surface area (Å²) in [7, 11) is 7.24. The van der Waals surface area contributed by atoms with Crippen LogP contribution < -0.4 is 15.4 Å². The van der Waals surface area contributed by atoms with Gasteiger partial charge in [-0.2, -0.15) is 5.10 Å². The second-order valence-electron chi connectivity index (χ2n) is 6.59. The van der Waals surface area contributed by atoms with E-state index in [-0.39, 0.29) is 6.04 Å². The van der Waals surface area contributed by atoms with Crippen LogP contribution in [0, 0.1) is 13.8 Å². The Bertz CT molecular complexity index is 811. The Labute approximate surface area is 159 Å². The third-order valence-electron chi connectivity index (χ3n) is 4.53. The number of ether oxygens (including phenoxy) is 1.